The highest BCUT2D eigenvalue weighted by molar-refractivity contribution is 7.99. The van der Waals surface area contributed by atoms with Crippen LogP contribution in [0.2, 0.25) is 0 Å². The van der Waals surface area contributed by atoms with Gasteiger partial charge in [0.15, 0.2) is 0 Å². The first-order valence-corrected chi connectivity index (χ1v) is 15.4. The molecule has 0 aliphatic carbocycles. The number of ether oxygens (including phenoxy) is 2. The Hall–Kier alpha value is -2.57. The van der Waals surface area contributed by atoms with Crippen LogP contribution in [-0.2, 0) is 22.8 Å². The van der Waals surface area contributed by atoms with Crippen molar-refractivity contribution in [2.45, 2.75) is 55.5 Å². The van der Waals surface area contributed by atoms with Gasteiger partial charge in [0.2, 0.25) is 5.91 Å². The molecule has 3 aromatic rings. The lowest BCUT2D eigenvalue weighted by atomic mass is 9.95. The molecule has 0 spiro atoms. The Morgan fingerprint density at radius 1 is 0.816 bits per heavy atom. The van der Waals surface area contributed by atoms with Gasteiger partial charge in [-0.15, -0.1) is 11.8 Å². The van der Waals surface area contributed by atoms with Crippen LogP contribution in [0.1, 0.15) is 43.4 Å². The van der Waals surface area contributed by atoms with Gasteiger partial charge in [0.25, 0.3) is 0 Å². The summed E-state index contributed by atoms with van der Waals surface area (Å²) in [5.74, 6) is 4.98. The Balaban J connectivity index is 1.39. The van der Waals surface area contributed by atoms with Crippen molar-refractivity contribution >= 4 is 29.4 Å². The first-order valence-electron chi connectivity index (χ1n) is 13.2. The van der Waals surface area contributed by atoms with Crippen LogP contribution >= 0.6 is 23.5 Å². The van der Waals surface area contributed by atoms with E-state index in [4.69, 9.17) is 9.47 Å². The Kier molecular flexibility index (Phi) is 10.1. The topological polar surface area (TPSA) is 38.8 Å². The number of carbonyl (C=O) groups excluding carboxylic acids is 1. The summed E-state index contributed by atoms with van der Waals surface area (Å²) in [4.78, 5) is 15.9. The Labute approximate surface area is 236 Å². The van der Waals surface area contributed by atoms with Gasteiger partial charge in [0.1, 0.15) is 11.5 Å². The molecule has 0 saturated carbocycles. The van der Waals surface area contributed by atoms with Gasteiger partial charge in [-0.25, -0.2) is 0 Å². The van der Waals surface area contributed by atoms with Gasteiger partial charge in [-0.2, -0.15) is 11.8 Å². The SMILES string of the molecule is COc1ccc(CSCC[C@H]2C[C@@H](C(C)(C)SCc3ccc(OC)cc3)N(Cc3ccccc3)C2=O)cc1. The number of hydrogen-bond donors (Lipinski definition) is 0. The van der Waals surface area contributed by atoms with Crippen molar-refractivity contribution in [3.05, 3.63) is 95.6 Å². The molecular weight excluding hydrogens is 510 g/mol. The fraction of sp³-hybridized carbons (Fsp3) is 0.406. The molecule has 1 amide bonds. The van der Waals surface area contributed by atoms with E-state index >= 15 is 0 Å². The van der Waals surface area contributed by atoms with Crippen LogP contribution in [0, 0.1) is 5.92 Å². The number of nitrogens with zero attached hydrogens (tertiary/aromatic N) is 1. The van der Waals surface area contributed by atoms with E-state index in [0.717, 1.165) is 41.6 Å². The lowest BCUT2D eigenvalue weighted by Crippen LogP contribution is -2.45. The fourth-order valence-electron chi connectivity index (χ4n) is 4.98. The second kappa shape index (κ2) is 13.5. The Morgan fingerprint density at radius 2 is 1.39 bits per heavy atom. The summed E-state index contributed by atoms with van der Waals surface area (Å²) in [5.41, 5.74) is 3.75. The fourth-order valence-corrected chi connectivity index (χ4v) is 7.15. The third-order valence-electron chi connectivity index (χ3n) is 7.32. The number of methoxy groups -OCH3 is 2. The highest BCUT2D eigenvalue weighted by Gasteiger charge is 2.46. The van der Waals surface area contributed by atoms with Crippen LogP contribution < -0.4 is 9.47 Å². The monoisotopic (exact) mass is 549 g/mol. The van der Waals surface area contributed by atoms with Crippen molar-refractivity contribution in [3.63, 3.8) is 0 Å². The van der Waals surface area contributed by atoms with Gasteiger partial charge >= 0.3 is 0 Å². The molecule has 0 aromatic heterocycles. The minimum atomic E-state index is -0.0741. The molecule has 4 rings (SSSR count). The third kappa shape index (κ3) is 7.51. The number of carbonyl (C=O) groups is 1. The summed E-state index contributed by atoms with van der Waals surface area (Å²) >= 11 is 3.85. The molecule has 1 aliphatic rings. The minimum absolute atomic E-state index is 0.0741. The smallest absolute Gasteiger partial charge is 0.226 e. The second-order valence-corrected chi connectivity index (χ2v) is 13.1. The quantitative estimate of drug-likeness (QED) is 0.207. The van der Waals surface area contributed by atoms with E-state index in [1.165, 1.54) is 16.7 Å². The van der Waals surface area contributed by atoms with E-state index in [-0.39, 0.29) is 16.7 Å². The first kappa shape index (κ1) is 28.4. The molecule has 1 aliphatic heterocycles. The van der Waals surface area contributed by atoms with Crippen molar-refractivity contribution < 1.29 is 14.3 Å². The molecule has 3 aromatic carbocycles. The van der Waals surface area contributed by atoms with Crippen LogP contribution in [-0.4, -0.2) is 41.6 Å². The molecule has 0 unspecified atom stereocenters. The van der Waals surface area contributed by atoms with Crippen molar-refractivity contribution in [1.82, 2.24) is 4.90 Å². The summed E-state index contributed by atoms with van der Waals surface area (Å²) < 4.78 is 10.5. The van der Waals surface area contributed by atoms with Crippen molar-refractivity contribution in [2.24, 2.45) is 5.92 Å². The van der Waals surface area contributed by atoms with Crippen molar-refractivity contribution in [1.29, 1.82) is 0 Å². The molecule has 202 valence electrons. The van der Waals surface area contributed by atoms with Crippen LogP contribution in [0.4, 0.5) is 0 Å². The van der Waals surface area contributed by atoms with Crippen LogP contribution in [0.5, 0.6) is 11.5 Å². The zero-order valence-electron chi connectivity index (χ0n) is 22.9. The largest absolute Gasteiger partial charge is 0.497 e. The highest BCUT2D eigenvalue weighted by atomic mass is 32.2. The number of likely N-dealkylation sites (tertiary alicyclic amines) is 1. The van der Waals surface area contributed by atoms with Gasteiger partial charge < -0.3 is 14.4 Å². The number of amides is 1. The number of rotatable bonds is 13. The lowest BCUT2D eigenvalue weighted by molar-refractivity contribution is -0.132. The summed E-state index contributed by atoms with van der Waals surface area (Å²) in [6.07, 6.45) is 1.83. The van der Waals surface area contributed by atoms with Gasteiger partial charge in [0, 0.05) is 34.8 Å². The molecule has 1 saturated heterocycles. The summed E-state index contributed by atoms with van der Waals surface area (Å²) in [5, 5.41) is 0. The predicted molar refractivity (Wildman–Crippen MR) is 161 cm³/mol. The maximum absolute atomic E-state index is 13.7. The van der Waals surface area contributed by atoms with Crippen molar-refractivity contribution in [3.8, 4) is 11.5 Å². The number of thioether (sulfide) groups is 2. The first-order chi connectivity index (χ1) is 18.4. The molecule has 4 nitrogen and oxygen atoms in total. The van der Waals surface area contributed by atoms with Crippen molar-refractivity contribution in [2.75, 3.05) is 20.0 Å². The van der Waals surface area contributed by atoms with E-state index in [0.29, 0.717) is 12.5 Å². The van der Waals surface area contributed by atoms with E-state index < -0.39 is 0 Å². The number of benzene rings is 3. The van der Waals surface area contributed by atoms with Gasteiger partial charge in [0.05, 0.1) is 14.2 Å². The molecule has 0 bridgehead atoms. The molecule has 2 atom stereocenters. The minimum Gasteiger partial charge on any atom is -0.497 e. The molecule has 0 N–H and O–H groups in total. The van der Waals surface area contributed by atoms with Gasteiger partial charge in [-0.05, 0) is 73.4 Å². The third-order valence-corrected chi connectivity index (χ3v) is 9.88. The molecule has 0 radical (unpaired) electrons. The standard InChI is InChI=1S/C32H39NO3S2/c1-32(2,38-23-26-12-16-29(36-4)17-13-26)30-20-27(31(34)33(30)21-24-8-6-5-7-9-24)18-19-37-22-25-10-14-28(35-3)15-11-25/h5-17,27,30H,18-23H2,1-4H3/t27-,30-/m0/s1. The summed E-state index contributed by atoms with van der Waals surface area (Å²) in [7, 11) is 3.38. The molecule has 38 heavy (non-hydrogen) atoms. The average molecular weight is 550 g/mol. The highest BCUT2D eigenvalue weighted by Crippen LogP contribution is 2.42. The summed E-state index contributed by atoms with van der Waals surface area (Å²) in [6, 6.07) is 27.1. The molecule has 1 heterocycles. The van der Waals surface area contributed by atoms with E-state index in [1.54, 1.807) is 14.2 Å². The summed E-state index contributed by atoms with van der Waals surface area (Å²) in [6.45, 7) is 5.28. The zero-order valence-corrected chi connectivity index (χ0v) is 24.5. The Bertz CT molecular complexity index is 1150. The molecule has 6 heteroatoms. The predicted octanol–water partition coefficient (Wildman–Crippen LogP) is 7.46. The van der Waals surface area contributed by atoms with Crippen LogP contribution in [0.3, 0.4) is 0 Å². The normalized spacial score (nSPS) is 17.6. The average Bonchev–Trinajstić information content (AvgIpc) is 3.26. The second-order valence-electron chi connectivity index (χ2n) is 10.3. The zero-order chi connectivity index (χ0) is 27.0. The maximum atomic E-state index is 13.7. The van der Waals surface area contributed by atoms with Crippen LogP contribution in [0.25, 0.3) is 0 Å². The maximum Gasteiger partial charge on any atom is 0.226 e. The van der Waals surface area contributed by atoms with Crippen LogP contribution in [0.15, 0.2) is 78.9 Å². The molecule has 1 fully saturated rings. The van der Waals surface area contributed by atoms with E-state index in [1.807, 2.05) is 53.9 Å². The number of hydrogen-bond acceptors (Lipinski definition) is 5. The van der Waals surface area contributed by atoms with Gasteiger partial charge in [-0.3, -0.25) is 4.79 Å². The van der Waals surface area contributed by atoms with E-state index in [2.05, 4.69) is 67.3 Å². The van der Waals surface area contributed by atoms with E-state index in [9.17, 15) is 4.79 Å². The Morgan fingerprint density at radius 3 is 1.97 bits per heavy atom. The van der Waals surface area contributed by atoms with Gasteiger partial charge in [-0.1, -0.05) is 54.6 Å². The molecular formula is C32H39NO3S2. The lowest BCUT2D eigenvalue weighted by Gasteiger charge is -2.37.